The van der Waals surface area contributed by atoms with Crippen LogP contribution in [-0.2, 0) is 6.42 Å². The molecule has 0 aliphatic heterocycles. The Hall–Kier alpha value is -1.13. The second-order valence-corrected chi connectivity index (χ2v) is 5.69. The van der Waals surface area contributed by atoms with Crippen molar-refractivity contribution in [2.24, 2.45) is 0 Å². The standard InChI is InChI=1S/C12H14ClN3S/c1-8(7-10-4-3-9(2)17-10)16-12-11(13)14-5-6-15-12/h3-6,8H,7H2,1-2H3,(H,15,16). The van der Waals surface area contributed by atoms with E-state index in [1.165, 1.54) is 9.75 Å². The minimum Gasteiger partial charge on any atom is -0.365 e. The van der Waals surface area contributed by atoms with E-state index in [4.69, 9.17) is 11.6 Å². The third-order valence-corrected chi connectivity index (χ3v) is 3.64. The Labute approximate surface area is 110 Å². The summed E-state index contributed by atoms with van der Waals surface area (Å²) < 4.78 is 0. The Balaban J connectivity index is 1.98. The predicted molar refractivity (Wildman–Crippen MR) is 72.9 cm³/mol. The number of nitrogens with zero attached hydrogens (tertiary/aromatic N) is 2. The Morgan fingerprint density at radius 3 is 2.76 bits per heavy atom. The highest BCUT2D eigenvalue weighted by Gasteiger charge is 2.08. The molecule has 2 rings (SSSR count). The molecule has 0 saturated heterocycles. The smallest absolute Gasteiger partial charge is 0.171 e. The van der Waals surface area contributed by atoms with Crippen molar-refractivity contribution in [1.82, 2.24) is 9.97 Å². The third-order valence-electron chi connectivity index (χ3n) is 2.34. The van der Waals surface area contributed by atoms with E-state index in [2.05, 4.69) is 41.3 Å². The van der Waals surface area contributed by atoms with Crippen LogP contribution in [0.15, 0.2) is 24.5 Å². The van der Waals surface area contributed by atoms with Crippen LogP contribution < -0.4 is 5.32 Å². The van der Waals surface area contributed by atoms with Crippen LogP contribution >= 0.6 is 22.9 Å². The van der Waals surface area contributed by atoms with E-state index in [-0.39, 0.29) is 6.04 Å². The highest BCUT2D eigenvalue weighted by atomic mass is 35.5. The highest BCUT2D eigenvalue weighted by molar-refractivity contribution is 7.11. The van der Waals surface area contributed by atoms with Gasteiger partial charge in [0, 0.05) is 34.6 Å². The van der Waals surface area contributed by atoms with Crippen LogP contribution in [-0.4, -0.2) is 16.0 Å². The minimum atomic E-state index is 0.280. The Kier molecular flexibility index (Phi) is 3.97. The summed E-state index contributed by atoms with van der Waals surface area (Å²) in [6.45, 7) is 4.23. The van der Waals surface area contributed by atoms with Crippen LogP contribution in [0.1, 0.15) is 16.7 Å². The SMILES string of the molecule is Cc1ccc(CC(C)Nc2nccnc2Cl)s1. The summed E-state index contributed by atoms with van der Waals surface area (Å²) in [4.78, 5) is 10.9. The molecule has 3 nitrogen and oxygen atoms in total. The topological polar surface area (TPSA) is 37.8 Å². The van der Waals surface area contributed by atoms with Crippen molar-refractivity contribution in [3.8, 4) is 0 Å². The molecular formula is C12H14ClN3S. The molecule has 1 N–H and O–H groups in total. The molecule has 90 valence electrons. The molecule has 0 bridgehead atoms. The van der Waals surface area contributed by atoms with Gasteiger partial charge in [-0.25, -0.2) is 9.97 Å². The maximum absolute atomic E-state index is 5.94. The van der Waals surface area contributed by atoms with E-state index in [9.17, 15) is 0 Å². The number of aromatic nitrogens is 2. The molecule has 0 aliphatic rings. The van der Waals surface area contributed by atoms with E-state index < -0.39 is 0 Å². The molecule has 5 heteroatoms. The summed E-state index contributed by atoms with van der Waals surface area (Å²) in [5.74, 6) is 0.648. The first kappa shape index (κ1) is 12.3. The van der Waals surface area contributed by atoms with Crippen molar-refractivity contribution in [3.05, 3.63) is 39.4 Å². The fourth-order valence-corrected chi connectivity index (χ4v) is 2.78. The summed E-state index contributed by atoms with van der Waals surface area (Å²) in [5.41, 5.74) is 0. The number of nitrogens with one attached hydrogen (secondary N) is 1. The van der Waals surface area contributed by atoms with Gasteiger partial charge in [-0.3, -0.25) is 0 Å². The van der Waals surface area contributed by atoms with Gasteiger partial charge in [0.1, 0.15) is 0 Å². The Morgan fingerprint density at radius 2 is 2.12 bits per heavy atom. The normalized spacial score (nSPS) is 12.4. The molecule has 2 aromatic heterocycles. The van der Waals surface area contributed by atoms with Crippen LogP contribution in [0.25, 0.3) is 0 Å². The zero-order valence-electron chi connectivity index (χ0n) is 9.77. The zero-order chi connectivity index (χ0) is 12.3. The van der Waals surface area contributed by atoms with E-state index in [0.717, 1.165) is 6.42 Å². The molecule has 1 atom stereocenters. The maximum Gasteiger partial charge on any atom is 0.171 e. The van der Waals surface area contributed by atoms with Gasteiger partial charge in [0.05, 0.1) is 0 Å². The molecule has 1 unspecified atom stereocenters. The molecular weight excluding hydrogens is 254 g/mol. The minimum absolute atomic E-state index is 0.280. The average molecular weight is 268 g/mol. The Morgan fingerprint density at radius 1 is 1.35 bits per heavy atom. The summed E-state index contributed by atoms with van der Waals surface area (Å²) in [7, 11) is 0. The summed E-state index contributed by atoms with van der Waals surface area (Å²) in [6, 6.07) is 4.58. The van der Waals surface area contributed by atoms with Gasteiger partial charge in [-0.15, -0.1) is 11.3 Å². The first-order chi connectivity index (χ1) is 8.15. The van der Waals surface area contributed by atoms with Gasteiger partial charge in [-0.1, -0.05) is 11.6 Å². The number of thiophene rings is 1. The van der Waals surface area contributed by atoms with Crippen molar-refractivity contribution in [2.75, 3.05) is 5.32 Å². The summed E-state index contributed by atoms with van der Waals surface area (Å²) >= 11 is 7.76. The van der Waals surface area contributed by atoms with Crippen LogP contribution in [0, 0.1) is 6.92 Å². The second kappa shape index (κ2) is 5.47. The van der Waals surface area contributed by atoms with E-state index in [0.29, 0.717) is 11.0 Å². The van der Waals surface area contributed by atoms with E-state index >= 15 is 0 Å². The molecule has 0 fully saturated rings. The van der Waals surface area contributed by atoms with Gasteiger partial charge in [0.2, 0.25) is 0 Å². The molecule has 0 amide bonds. The quantitative estimate of drug-likeness (QED) is 0.921. The molecule has 0 radical (unpaired) electrons. The lowest BCUT2D eigenvalue weighted by Gasteiger charge is -2.13. The van der Waals surface area contributed by atoms with Crippen molar-refractivity contribution in [3.63, 3.8) is 0 Å². The Bertz CT molecular complexity index is 498. The predicted octanol–water partition coefficient (Wildman–Crippen LogP) is 3.54. The van der Waals surface area contributed by atoms with Crippen LogP contribution in [0.3, 0.4) is 0 Å². The van der Waals surface area contributed by atoms with Crippen molar-refractivity contribution >= 4 is 28.8 Å². The largest absolute Gasteiger partial charge is 0.365 e. The molecule has 2 heterocycles. The first-order valence-corrected chi connectivity index (χ1v) is 6.63. The molecule has 0 spiro atoms. The third kappa shape index (κ3) is 3.41. The highest BCUT2D eigenvalue weighted by Crippen LogP contribution is 2.20. The lowest BCUT2D eigenvalue weighted by atomic mass is 10.2. The van der Waals surface area contributed by atoms with Crippen molar-refractivity contribution < 1.29 is 0 Å². The fraction of sp³-hybridized carbons (Fsp3) is 0.333. The van der Waals surface area contributed by atoms with Gasteiger partial charge >= 0.3 is 0 Å². The first-order valence-electron chi connectivity index (χ1n) is 5.43. The molecule has 0 saturated carbocycles. The molecule has 0 aromatic carbocycles. The molecule has 17 heavy (non-hydrogen) atoms. The summed E-state index contributed by atoms with van der Waals surface area (Å²) in [5, 5.41) is 3.69. The van der Waals surface area contributed by atoms with Crippen molar-refractivity contribution in [2.45, 2.75) is 26.3 Å². The number of aryl methyl sites for hydroxylation is 1. The zero-order valence-corrected chi connectivity index (χ0v) is 11.3. The van der Waals surface area contributed by atoms with Gasteiger partial charge in [0.25, 0.3) is 0 Å². The number of rotatable bonds is 4. The van der Waals surface area contributed by atoms with Gasteiger partial charge < -0.3 is 5.32 Å². The number of anilines is 1. The van der Waals surface area contributed by atoms with Gasteiger partial charge in [0.15, 0.2) is 11.0 Å². The maximum atomic E-state index is 5.94. The van der Waals surface area contributed by atoms with E-state index in [1.54, 1.807) is 12.4 Å². The van der Waals surface area contributed by atoms with Gasteiger partial charge in [-0.05, 0) is 26.0 Å². The lowest BCUT2D eigenvalue weighted by Crippen LogP contribution is -2.18. The number of hydrogen-bond donors (Lipinski definition) is 1. The summed E-state index contributed by atoms with van der Waals surface area (Å²) in [6.07, 6.45) is 4.18. The van der Waals surface area contributed by atoms with Crippen molar-refractivity contribution in [1.29, 1.82) is 0 Å². The van der Waals surface area contributed by atoms with Gasteiger partial charge in [-0.2, -0.15) is 0 Å². The second-order valence-electron chi connectivity index (χ2n) is 3.96. The lowest BCUT2D eigenvalue weighted by molar-refractivity contribution is 0.793. The number of halogens is 1. The monoisotopic (exact) mass is 267 g/mol. The molecule has 0 aliphatic carbocycles. The molecule has 2 aromatic rings. The number of hydrogen-bond acceptors (Lipinski definition) is 4. The van der Waals surface area contributed by atoms with Crippen LogP contribution in [0.4, 0.5) is 5.82 Å². The fourth-order valence-electron chi connectivity index (χ4n) is 1.60. The van der Waals surface area contributed by atoms with Crippen LogP contribution in [0.2, 0.25) is 5.15 Å². The average Bonchev–Trinajstić information content (AvgIpc) is 2.67. The van der Waals surface area contributed by atoms with E-state index in [1.807, 2.05) is 11.3 Å². The van der Waals surface area contributed by atoms with Crippen LogP contribution in [0.5, 0.6) is 0 Å².